The van der Waals surface area contributed by atoms with Gasteiger partial charge in [0.1, 0.15) is 5.75 Å². The lowest BCUT2D eigenvalue weighted by Gasteiger charge is -2.37. The van der Waals surface area contributed by atoms with Crippen LogP contribution in [0, 0.1) is 0 Å². The summed E-state index contributed by atoms with van der Waals surface area (Å²) in [5.74, 6) is 0.955. The normalized spacial score (nSPS) is 25.1. The van der Waals surface area contributed by atoms with E-state index in [4.69, 9.17) is 9.47 Å². The van der Waals surface area contributed by atoms with Crippen molar-refractivity contribution in [2.45, 2.75) is 31.5 Å². The Labute approximate surface area is 150 Å². The summed E-state index contributed by atoms with van der Waals surface area (Å²) < 4.78 is 11.5. The van der Waals surface area contributed by atoms with Crippen LogP contribution >= 0.6 is 0 Å². The van der Waals surface area contributed by atoms with E-state index in [2.05, 4.69) is 15.1 Å². The van der Waals surface area contributed by atoms with Crippen molar-refractivity contribution in [3.63, 3.8) is 0 Å². The molecule has 1 fully saturated rings. The molecule has 2 aliphatic rings. The minimum Gasteiger partial charge on any atom is -0.493 e. The zero-order chi connectivity index (χ0) is 17.8. The predicted molar refractivity (Wildman–Crippen MR) is 96.8 cm³/mol. The van der Waals surface area contributed by atoms with E-state index in [1.54, 1.807) is 0 Å². The lowest BCUT2D eigenvalue weighted by atomic mass is 10.00. The van der Waals surface area contributed by atoms with Gasteiger partial charge >= 0.3 is 0 Å². The number of rotatable bonds is 5. The van der Waals surface area contributed by atoms with Gasteiger partial charge in [-0.05, 0) is 27.1 Å². The summed E-state index contributed by atoms with van der Waals surface area (Å²) in [5, 5.41) is 3.22. The number of hydrogen-bond acceptors (Lipinski definition) is 5. The molecule has 138 valence electrons. The van der Waals surface area contributed by atoms with Crippen LogP contribution in [0.5, 0.6) is 5.75 Å². The highest BCUT2D eigenvalue weighted by atomic mass is 16.5. The molecule has 2 aliphatic heterocycles. The molecule has 25 heavy (non-hydrogen) atoms. The molecule has 0 saturated carbocycles. The lowest BCUT2D eigenvalue weighted by molar-refractivity contribution is -0.130. The molecular formula is C19H29N3O3. The number of benzene rings is 1. The highest BCUT2D eigenvalue weighted by Crippen LogP contribution is 2.31. The van der Waals surface area contributed by atoms with Crippen molar-refractivity contribution < 1.29 is 14.3 Å². The number of morpholine rings is 1. The molecule has 6 heteroatoms. The second-order valence-electron chi connectivity index (χ2n) is 7.16. The molecule has 0 spiro atoms. The summed E-state index contributed by atoms with van der Waals surface area (Å²) in [6.45, 7) is 5.76. The molecule has 3 unspecified atom stereocenters. The van der Waals surface area contributed by atoms with Crippen molar-refractivity contribution in [3.05, 3.63) is 29.8 Å². The highest BCUT2D eigenvalue weighted by Gasteiger charge is 2.30. The number of amides is 1. The Hall–Kier alpha value is -1.63. The number of carbonyl (C=O) groups excluding carboxylic acids is 1. The van der Waals surface area contributed by atoms with Crippen LogP contribution in [-0.4, -0.2) is 74.8 Å². The maximum absolute atomic E-state index is 12.8. The number of nitrogens with zero attached hydrogens (tertiary/aromatic N) is 2. The third-order valence-corrected chi connectivity index (χ3v) is 4.94. The maximum atomic E-state index is 12.8. The number of hydrogen-bond donors (Lipinski definition) is 1. The first-order chi connectivity index (χ1) is 12.0. The molecule has 0 aliphatic carbocycles. The first-order valence-electron chi connectivity index (χ1n) is 9.07. The average Bonchev–Trinajstić information content (AvgIpc) is 2.61. The van der Waals surface area contributed by atoms with Gasteiger partial charge in [-0.2, -0.15) is 0 Å². The summed E-state index contributed by atoms with van der Waals surface area (Å²) in [5.41, 5.74) is 1.07. The first-order valence-corrected chi connectivity index (χ1v) is 9.07. The maximum Gasteiger partial charge on any atom is 0.237 e. The van der Waals surface area contributed by atoms with Gasteiger partial charge in [0, 0.05) is 31.6 Å². The van der Waals surface area contributed by atoms with Gasteiger partial charge in [0.05, 0.1) is 31.4 Å². The summed E-state index contributed by atoms with van der Waals surface area (Å²) >= 11 is 0. The van der Waals surface area contributed by atoms with Gasteiger partial charge in [0.15, 0.2) is 0 Å². The largest absolute Gasteiger partial charge is 0.493 e. The van der Waals surface area contributed by atoms with E-state index in [0.29, 0.717) is 13.2 Å². The molecule has 0 bridgehead atoms. The molecule has 1 aromatic rings. The van der Waals surface area contributed by atoms with Gasteiger partial charge in [-0.25, -0.2) is 0 Å². The standard InChI is InChI=1S/C19H29N3O3/c1-14(22-9-11-24-15(13-22)12-21(2)3)19(23)20-17-8-10-25-18-7-5-4-6-16(17)18/h4-7,14-15,17H,8-13H2,1-3H3,(H,20,23). The SMILES string of the molecule is CC(C(=O)NC1CCOc2ccccc21)N1CCOC(CN(C)C)C1. The number of ether oxygens (including phenoxy) is 2. The fourth-order valence-corrected chi connectivity index (χ4v) is 3.56. The van der Waals surface area contributed by atoms with E-state index in [0.717, 1.165) is 37.4 Å². The van der Waals surface area contributed by atoms with Crippen molar-refractivity contribution in [2.24, 2.45) is 0 Å². The molecule has 1 saturated heterocycles. The number of para-hydroxylation sites is 1. The van der Waals surface area contributed by atoms with Crippen molar-refractivity contribution in [3.8, 4) is 5.75 Å². The minimum absolute atomic E-state index is 0.0264. The monoisotopic (exact) mass is 347 g/mol. The number of carbonyl (C=O) groups is 1. The highest BCUT2D eigenvalue weighted by molar-refractivity contribution is 5.82. The van der Waals surface area contributed by atoms with Crippen molar-refractivity contribution in [2.75, 3.05) is 46.9 Å². The Balaban J connectivity index is 1.60. The zero-order valence-electron chi connectivity index (χ0n) is 15.4. The molecule has 3 rings (SSSR count). The minimum atomic E-state index is -0.163. The second kappa shape index (κ2) is 8.17. The fraction of sp³-hybridized carbons (Fsp3) is 0.632. The zero-order valence-corrected chi connectivity index (χ0v) is 15.4. The van der Waals surface area contributed by atoms with Crippen molar-refractivity contribution in [1.82, 2.24) is 15.1 Å². The van der Waals surface area contributed by atoms with Crippen LogP contribution in [-0.2, 0) is 9.53 Å². The van der Waals surface area contributed by atoms with Gasteiger partial charge in [-0.15, -0.1) is 0 Å². The van der Waals surface area contributed by atoms with Crippen LogP contribution in [0.25, 0.3) is 0 Å². The van der Waals surface area contributed by atoms with E-state index in [9.17, 15) is 4.79 Å². The Morgan fingerprint density at radius 3 is 2.96 bits per heavy atom. The molecule has 6 nitrogen and oxygen atoms in total. The summed E-state index contributed by atoms with van der Waals surface area (Å²) in [7, 11) is 4.09. The average molecular weight is 347 g/mol. The van der Waals surface area contributed by atoms with Crippen LogP contribution in [0.1, 0.15) is 24.9 Å². The molecule has 1 N–H and O–H groups in total. The van der Waals surface area contributed by atoms with E-state index in [1.807, 2.05) is 45.3 Å². The first kappa shape index (κ1) is 18.2. The lowest BCUT2D eigenvalue weighted by Crippen LogP contribution is -2.54. The Morgan fingerprint density at radius 1 is 1.36 bits per heavy atom. The summed E-state index contributed by atoms with van der Waals surface area (Å²) in [4.78, 5) is 17.1. The van der Waals surface area contributed by atoms with E-state index in [1.165, 1.54) is 0 Å². The topological polar surface area (TPSA) is 54.0 Å². The van der Waals surface area contributed by atoms with E-state index >= 15 is 0 Å². The number of fused-ring (bicyclic) bond motifs is 1. The Kier molecular flexibility index (Phi) is 5.93. The molecule has 3 atom stereocenters. The quantitative estimate of drug-likeness (QED) is 0.870. The van der Waals surface area contributed by atoms with E-state index < -0.39 is 0 Å². The third kappa shape index (κ3) is 4.51. The van der Waals surface area contributed by atoms with Crippen molar-refractivity contribution >= 4 is 5.91 Å². The van der Waals surface area contributed by atoms with Gasteiger partial charge in [-0.1, -0.05) is 18.2 Å². The van der Waals surface area contributed by atoms with Gasteiger partial charge < -0.3 is 19.7 Å². The fourth-order valence-electron chi connectivity index (χ4n) is 3.56. The Morgan fingerprint density at radius 2 is 2.16 bits per heavy atom. The Bertz CT molecular complexity index is 593. The van der Waals surface area contributed by atoms with Gasteiger partial charge in [0.2, 0.25) is 5.91 Å². The van der Waals surface area contributed by atoms with Crippen LogP contribution in [0.2, 0.25) is 0 Å². The molecular weight excluding hydrogens is 318 g/mol. The van der Waals surface area contributed by atoms with Gasteiger partial charge in [0.25, 0.3) is 0 Å². The van der Waals surface area contributed by atoms with Crippen LogP contribution in [0.4, 0.5) is 0 Å². The molecule has 0 radical (unpaired) electrons. The number of nitrogens with one attached hydrogen (secondary N) is 1. The number of likely N-dealkylation sites (N-methyl/N-ethyl adjacent to an activating group) is 1. The van der Waals surface area contributed by atoms with E-state index in [-0.39, 0.29) is 24.1 Å². The molecule has 0 aromatic heterocycles. The molecule has 2 heterocycles. The summed E-state index contributed by atoms with van der Waals surface area (Å²) in [6.07, 6.45) is 0.963. The smallest absolute Gasteiger partial charge is 0.237 e. The summed E-state index contributed by atoms with van der Waals surface area (Å²) in [6, 6.07) is 7.81. The van der Waals surface area contributed by atoms with Gasteiger partial charge in [-0.3, -0.25) is 9.69 Å². The predicted octanol–water partition coefficient (Wildman–Crippen LogP) is 1.28. The van der Waals surface area contributed by atoms with Crippen LogP contribution in [0.3, 0.4) is 0 Å². The van der Waals surface area contributed by atoms with Crippen molar-refractivity contribution in [1.29, 1.82) is 0 Å². The molecule has 1 aromatic carbocycles. The third-order valence-electron chi connectivity index (χ3n) is 4.94. The molecule has 1 amide bonds. The second-order valence-corrected chi connectivity index (χ2v) is 7.16. The van der Waals surface area contributed by atoms with Crippen LogP contribution < -0.4 is 10.1 Å². The van der Waals surface area contributed by atoms with Crippen LogP contribution in [0.15, 0.2) is 24.3 Å².